The fraction of sp³-hybridized carbons (Fsp3) is 0.188. The van der Waals surface area contributed by atoms with Crippen molar-refractivity contribution in [2.24, 2.45) is 30.6 Å². The molecule has 0 saturated heterocycles. The van der Waals surface area contributed by atoms with Gasteiger partial charge in [0.15, 0.2) is 0 Å². The fourth-order valence-electron chi connectivity index (χ4n) is 5.10. The smallest absolute Gasteiger partial charge is 0.418 e. The van der Waals surface area contributed by atoms with E-state index >= 15 is 0 Å². The van der Waals surface area contributed by atoms with Crippen molar-refractivity contribution >= 4 is 103 Å². The number of nitriles is 3. The molecule has 95 heavy (non-hydrogen) atoms. The average Bonchev–Trinajstić information content (AvgIpc) is 0.813. The van der Waals surface area contributed by atoms with E-state index in [0.29, 0.717) is 0 Å². The Hall–Kier alpha value is -8.33. The number of nitrogens with zero attached hydrogens (tertiary/aromatic N) is 21. The van der Waals surface area contributed by atoms with E-state index in [2.05, 4.69) is 60.5 Å². The molecule has 0 radical (unpaired) electrons. The molecule has 0 amide bonds. The Kier molecular flexibility index (Phi) is 52.2. The third kappa shape index (κ3) is 53.7. The molecule has 47 heteroatoms. The van der Waals surface area contributed by atoms with E-state index < -0.39 is 42.0 Å². The minimum atomic E-state index is -6.00. The Balaban J connectivity index is -0.000000397. The molecule has 0 saturated carbocycles. The molecule has 6 aromatic rings. The monoisotopic (exact) mass is 1510 g/mol. The van der Waals surface area contributed by atoms with Crippen molar-refractivity contribution in [1.29, 1.82) is 15.8 Å². The van der Waals surface area contributed by atoms with Crippen LogP contribution in [-0.4, -0.2) is 167 Å². The zero-order valence-electron chi connectivity index (χ0n) is 51.0. The van der Waals surface area contributed by atoms with Crippen LogP contribution in [0.3, 0.4) is 0 Å². The Morgan fingerprint density at radius 1 is 0.316 bits per heavy atom. The first-order valence-electron chi connectivity index (χ1n) is 25.0. The minimum absolute atomic E-state index is 0. The second-order valence-electron chi connectivity index (χ2n) is 15.6. The Bertz CT molecular complexity index is 2820. The van der Waals surface area contributed by atoms with E-state index in [1.807, 2.05) is 109 Å². The number of aromatic nitrogens is 6. The summed E-state index contributed by atoms with van der Waals surface area (Å²) in [6, 6.07) is 39.0. The molecule has 6 aromatic heterocycles. The van der Waals surface area contributed by atoms with Crippen molar-refractivity contribution in [1.82, 2.24) is 58.6 Å². The van der Waals surface area contributed by atoms with Gasteiger partial charge in [0.05, 0.1) is 89.7 Å². The Morgan fingerprint density at radius 3 is 0.505 bits per heavy atom. The van der Waals surface area contributed by atoms with Crippen molar-refractivity contribution in [3.05, 3.63) is 181 Å². The number of hydrazone groups is 6. The van der Waals surface area contributed by atoms with Gasteiger partial charge < -0.3 is 69.1 Å². The third-order valence-corrected chi connectivity index (χ3v) is 17.9. The first-order chi connectivity index (χ1) is 43.2. The Labute approximate surface area is 569 Å². The second-order valence-corrected chi connectivity index (χ2v) is 24.1. The van der Waals surface area contributed by atoms with Gasteiger partial charge in [0.2, 0.25) is 0 Å². The van der Waals surface area contributed by atoms with E-state index in [9.17, 15) is 69.1 Å². The predicted molar refractivity (Wildman–Crippen MR) is 341 cm³/mol. The van der Waals surface area contributed by atoms with Crippen molar-refractivity contribution < 1.29 is 103 Å². The van der Waals surface area contributed by atoms with Gasteiger partial charge in [-0.25, -0.2) is 28.7 Å². The molecule has 0 aromatic carbocycles. The molecule has 0 fully saturated rings. The van der Waals surface area contributed by atoms with Crippen molar-refractivity contribution in [2.75, 3.05) is 42.3 Å². The Morgan fingerprint density at radius 2 is 0.421 bits per heavy atom. The number of hydrogen-bond acceptors (Lipinski definition) is 17. The molecule has 0 aliphatic heterocycles. The summed E-state index contributed by atoms with van der Waals surface area (Å²) in [5.74, 6) is 0. The summed E-state index contributed by atoms with van der Waals surface area (Å²) < 4.78 is 166. The van der Waals surface area contributed by atoms with Gasteiger partial charge >= 0.3 is 63.2 Å². The summed E-state index contributed by atoms with van der Waals surface area (Å²) in [6.07, 6.45) is 20.2. The van der Waals surface area contributed by atoms with E-state index in [-0.39, 0.29) is 34.1 Å². The number of pyridine rings is 6. The zero-order valence-corrected chi connectivity index (χ0v) is 56.6. The minimum Gasteiger partial charge on any atom is -0.418 e. The average molecular weight is 1510 g/mol. The standard InChI is InChI=1S/2C21H24N9PS.3C2H3N.4BF4.2Fe/c2*1-28(25-16-19-10-4-7-13-22-19)31(32,29(2)26-17-20-11-5-8-14-23-20)30(3)27-18-21-12-6-9-15-24-21;3*1-2-3;4*2-1(3,4)5;;/h2*4-18H,1-3H3;3*1H3;;;;;;/q;;;;;4*-1;2*+2/b2*25-16+,26-17+,27-18+;;;;;;;;;. The maximum atomic E-state index is 9.75. The van der Waals surface area contributed by atoms with Crippen LogP contribution in [0.5, 0.6) is 0 Å². The van der Waals surface area contributed by atoms with Crippen LogP contribution in [0, 0.1) is 34.0 Å². The van der Waals surface area contributed by atoms with Crippen LogP contribution in [0.25, 0.3) is 0 Å². The molecule has 0 spiro atoms. The predicted octanol–water partition coefficient (Wildman–Crippen LogP) is 13.4. The van der Waals surface area contributed by atoms with E-state index in [1.54, 1.807) is 164 Å². The molecule has 0 bridgehead atoms. The van der Waals surface area contributed by atoms with Crippen molar-refractivity contribution in [3.63, 3.8) is 0 Å². The number of hydrogen-bond donors (Lipinski definition) is 0. The fourth-order valence-corrected chi connectivity index (χ4v) is 9.22. The SMILES string of the molecule is CC#N.CC#N.CC#N.CN(/N=C/c1ccccn1)P(=S)(N(C)/N=C/c1ccccn1)N(C)/N=C/c1ccccn1.CN(/N=C/c1ccccn1)P(=S)(N(C)/N=C/c1ccccn1)N(C)/N=C/c1ccccn1.F[B-](F)(F)F.F[B-](F)(F)F.F[B-](F)(F)F.F[B-](F)(F)F.[Fe+2].[Fe+2]. The van der Waals surface area contributed by atoms with Crippen LogP contribution in [0.4, 0.5) is 69.1 Å². The summed E-state index contributed by atoms with van der Waals surface area (Å²) in [5.41, 5.74) is 4.33. The van der Waals surface area contributed by atoms with Gasteiger partial charge in [-0.1, -0.05) is 36.4 Å². The van der Waals surface area contributed by atoms with Crippen LogP contribution in [0.15, 0.2) is 177 Å². The van der Waals surface area contributed by atoms with Gasteiger partial charge in [-0.3, -0.25) is 29.9 Å². The topological polar surface area (TPSA) is 242 Å². The molecule has 6 heterocycles. The first kappa shape index (κ1) is 95.4. The normalized spacial score (nSPS) is 10.8. The summed E-state index contributed by atoms with van der Waals surface area (Å²) in [5, 5.41) is 49.2. The van der Waals surface area contributed by atoms with Gasteiger partial charge in [0, 0.05) is 100 Å². The largest absolute Gasteiger partial charge is 2.00 e. The van der Waals surface area contributed by atoms with Crippen LogP contribution in [0.2, 0.25) is 0 Å². The molecular formula is C48H57B4F16Fe2N21P2S2. The van der Waals surface area contributed by atoms with Crippen LogP contribution in [-0.2, 0) is 57.8 Å². The van der Waals surface area contributed by atoms with Crippen LogP contribution >= 0.6 is 13.0 Å². The maximum Gasteiger partial charge on any atom is 2.00 e. The zero-order chi connectivity index (χ0) is 71.7. The summed E-state index contributed by atoms with van der Waals surface area (Å²) >= 11 is 12.2. The molecule has 21 nitrogen and oxygen atoms in total. The van der Waals surface area contributed by atoms with Gasteiger partial charge in [-0.15, -0.1) is 0 Å². The van der Waals surface area contributed by atoms with Crippen molar-refractivity contribution in [2.45, 2.75) is 20.8 Å². The summed E-state index contributed by atoms with van der Waals surface area (Å²) in [7, 11) is -13.2. The second kappa shape index (κ2) is 52.0. The number of rotatable bonds is 18. The molecule has 0 aliphatic rings. The van der Waals surface area contributed by atoms with E-state index in [1.165, 1.54) is 20.8 Å². The molecule has 0 aliphatic carbocycles. The van der Waals surface area contributed by atoms with Gasteiger partial charge in [0.25, 0.3) is 13.0 Å². The molecule has 6 rings (SSSR count). The molecule has 516 valence electrons. The van der Waals surface area contributed by atoms with Crippen LogP contribution in [0.1, 0.15) is 54.9 Å². The summed E-state index contributed by atoms with van der Waals surface area (Å²) in [6.45, 7) is -1.20. The van der Waals surface area contributed by atoms with Gasteiger partial charge in [-0.05, 0) is 96.4 Å². The van der Waals surface area contributed by atoms with E-state index in [4.69, 9.17) is 39.4 Å². The molecule has 0 atom stereocenters. The molecule has 0 N–H and O–H groups in total. The van der Waals surface area contributed by atoms with Gasteiger partial charge in [-0.2, -0.15) is 46.4 Å². The first-order valence-corrected chi connectivity index (χ1v) is 30.3. The summed E-state index contributed by atoms with van der Waals surface area (Å²) in [4.78, 5) is 25.6. The third-order valence-electron chi connectivity index (χ3n) is 8.53. The quantitative estimate of drug-likeness (QED) is 0.0255. The molecule has 0 unspecified atom stereocenters. The van der Waals surface area contributed by atoms with E-state index in [0.717, 1.165) is 34.2 Å². The van der Waals surface area contributed by atoms with Crippen molar-refractivity contribution in [3.8, 4) is 18.2 Å². The molecular weight excluding hydrogens is 1460 g/mol. The van der Waals surface area contributed by atoms with Gasteiger partial charge in [0.1, 0.15) is 0 Å². The number of halogens is 16. The maximum absolute atomic E-state index is 9.75. The van der Waals surface area contributed by atoms with Crippen LogP contribution < -0.4 is 0 Å².